The fourth-order valence-electron chi connectivity index (χ4n) is 1.61. The summed E-state index contributed by atoms with van der Waals surface area (Å²) in [5, 5.41) is 0.228. The lowest BCUT2D eigenvalue weighted by atomic mass is 10.2. The van der Waals surface area contributed by atoms with Crippen LogP contribution in [0.25, 0.3) is 0 Å². The summed E-state index contributed by atoms with van der Waals surface area (Å²) in [5.74, 6) is 0.297. The van der Waals surface area contributed by atoms with Crippen LogP contribution in [0.4, 0.5) is 15.9 Å². The minimum absolute atomic E-state index is 0.228. The van der Waals surface area contributed by atoms with Crippen molar-refractivity contribution in [2.24, 2.45) is 0 Å². The topological polar surface area (TPSA) is 55.0 Å². The Kier molecular flexibility index (Phi) is 3.62. The molecule has 1 aromatic heterocycles. The lowest BCUT2D eigenvalue weighted by Gasteiger charge is -2.19. The van der Waals surface area contributed by atoms with Crippen molar-refractivity contribution in [3.8, 4) is 0 Å². The molecule has 94 valence electrons. The number of rotatable bonds is 3. The standard InChI is InChI=1S/C12H12ClFN4/c1-18(6-8-2-4-9(14)5-3-8)12-10(15)11(13)16-7-17-12/h2-5,7H,6,15H2,1H3. The number of hydrogen-bond acceptors (Lipinski definition) is 4. The van der Waals surface area contributed by atoms with Crippen LogP contribution in [-0.4, -0.2) is 17.0 Å². The van der Waals surface area contributed by atoms with Gasteiger partial charge < -0.3 is 10.6 Å². The Morgan fingerprint density at radius 2 is 1.94 bits per heavy atom. The van der Waals surface area contributed by atoms with Gasteiger partial charge in [-0.25, -0.2) is 14.4 Å². The molecular formula is C12H12ClFN4. The van der Waals surface area contributed by atoms with E-state index in [0.29, 0.717) is 18.1 Å². The molecule has 18 heavy (non-hydrogen) atoms. The van der Waals surface area contributed by atoms with Crippen molar-refractivity contribution >= 4 is 23.1 Å². The van der Waals surface area contributed by atoms with E-state index in [2.05, 4.69) is 9.97 Å². The lowest BCUT2D eigenvalue weighted by molar-refractivity contribution is 0.627. The summed E-state index contributed by atoms with van der Waals surface area (Å²) in [6.45, 7) is 0.553. The smallest absolute Gasteiger partial charge is 0.157 e. The van der Waals surface area contributed by atoms with Gasteiger partial charge in [-0.1, -0.05) is 23.7 Å². The maximum absolute atomic E-state index is 12.8. The van der Waals surface area contributed by atoms with Gasteiger partial charge in [0.15, 0.2) is 11.0 Å². The zero-order valence-electron chi connectivity index (χ0n) is 9.77. The van der Waals surface area contributed by atoms with Gasteiger partial charge in [0, 0.05) is 13.6 Å². The molecule has 0 aliphatic rings. The summed E-state index contributed by atoms with van der Waals surface area (Å²) in [4.78, 5) is 9.71. The van der Waals surface area contributed by atoms with E-state index in [1.54, 1.807) is 12.1 Å². The van der Waals surface area contributed by atoms with Crippen molar-refractivity contribution in [3.63, 3.8) is 0 Å². The first kappa shape index (κ1) is 12.6. The average Bonchev–Trinajstić information content (AvgIpc) is 2.35. The highest BCUT2D eigenvalue weighted by atomic mass is 35.5. The third kappa shape index (κ3) is 2.68. The van der Waals surface area contributed by atoms with Crippen molar-refractivity contribution in [1.29, 1.82) is 0 Å². The summed E-state index contributed by atoms with van der Waals surface area (Å²) in [6, 6.07) is 6.26. The van der Waals surface area contributed by atoms with Crippen LogP contribution < -0.4 is 10.6 Å². The number of anilines is 2. The molecule has 0 saturated carbocycles. The third-order valence-corrected chi connectivity index (χ3v) is 2.81. The molecule has 0 spiro atoms. The highest BCUT2D eigenvalue weighted by Crippen LogP contribution is 2.25. The Morgan fingerprint density at radius 1 is 1.28 bits per heavy atom. The molecule has 2 rings (SSSR count). The highest BCUT2D eigenvalue weighted by molar-refractivity contribution is 6.32. The van der Waals surface area contributed by atoms with Gasteiger partial charge >= 0.3 is 0 Å². The van der Waals surface area contributed by atoms with Crippen LogP contribution in [-0.2, 0) is 6.54 Å². The van der Waals surface area contributed by atoms with Crippen molar-refractivity contribution in [2.75, 3.05) is 17.7 Å². The van der Waals surface area contributed by atoms with E-state index in [9.17, 15) is 4.39 Å². The van der Waals surface area contributed by atoms with Crippen LogP contribution in [0.2, 0.25) is 5.15 Å². The zero-order valence-corrected chi connectivity index (χ0v) is 10.5. The molecular weight excluding hydrogens is 255 g/mol. The quantitative estimate of drug-likeness (QED) is 0.867. The van der Waals surface area contributed by atoms with Gasteiger partial charge in [-0.05, 0) is 17.7 Å². The molecule has 2 N–H and O–H groups in total. The molecule has 0 atom stereocenters. The van der Waals surface area contributed by atoms with E-state index >= 15 is 0 Å². The van der Waals surface area contributed by atoms with Gasteiger partial charge in [0.1, 0.15) is 17.8 Å². The molecule has 0 fully saturated rings. The minimum atomic E-state index is -0.258. The molecule has 2 aromatic rings. The number of halogens is 2. The first-order valence-electron chi connectivity index (χ1n) is 5.29. The summed E-state index contributed by atoms with van der Waals surface area (Å²) in [5.41, 5.74) is 7.09. The molecule has 4 nitrogen and oxygen atoms in total. The second kappa shape index (κ2) is 5.18. The van der Waals surface area contributed by atoms with E-state index in [1.165, 1.54) is 18.5 Å². The molecule has 0 saturated heterocycles. The van der Waals surface area contributed by atoms with Crippen molar-refractivity contribution < 1.29 is 4.39 Å². The first-order valence-corrected chi connectivity index (χ1v) is 5.67. The van der Waals surface area contributed by atoms with Crippen molar-refractivity contribution in [1.82, 2.24) is 9.97 Å². The Labute approximate surface area is 109 Å². The molecule has 0 amide bonds. The number of benzene rings is 1. The largest absolute Gasteiger partial charge is 0.393 e. The van der Waals surface area contributed by atoms with Crippen LogP contribution >= 0.6 is 11.6 Å². The minimum Gasteiger partial charge on any atom is -0.393 e. The zero-order chi connectivity index (χ0) is 13.1. The highest BCUT2D eigenvalue weighted by Gasteiger charge is 2.11. The lowest BCUT2D eigenvalue weighted by Crippen LogP contribution is -2.19. The van der Waals surface area contributed by atoms with E-state index < -0.39 is 0 Å². The molecule has 1 heterocycles. The predicted octanol–water partition coefficient (Wildman–Crippen LogP) is 2.49. The Bertz CT molecular complexity index is 544. The Balaban J connectivity index is 2.19. The summed E-state index contributed by atoms with van der Waals surface area (Å²) < 4.78 is 12.8. The van der Waals surface area contributed by atoms with Crippen molar-refractivity contribution in [3.05, 3.63) is 47.1 Å². The number of nitrogens with two attached hydrogens (primary N) is 1. The third-order valence-electron chi connectivity index (χ3n) is 2.51. The monoisotopic (exact) mass is 266 g/mol. The molecule has 1 aromatic carbocycles. The van der Waals surface area contributed by atoms with Gasteiger partial charge in [-0.2, -0.15) is 0 Å². The van der Waals surface area contributed by atoms with E-state index in [0.717, 1.165) is 5.56 Å². The van der Waals surface area contributed by atoms with Crippen molar-refractivity contribution in [2.45, 2.75) is 6.54 Å². The second-order valence-electron chi connectivity index (χ2n) is 3.88. The summed E-state index contributed by atoms with van der Waals surface area (Å²) in [7, 11) is 1.83. The van der Waals surface area contributed by atoms with Crippen LogP contribution in [0.15, 0.2) is 30.6 Å². The van der Waals surface area contributed by atoms with Gasteiger partial charge in [-0.3, -0.25) is 0 Å². The molecule has 0 unspecified atom stereocenters. The van der Waals surface area contributed by atoms with Gasteiger partial charge in [0.25, 0.3) is 0 Å². The molecule has 0 aliphatic carbocycles. The summed E-state index contributed by atoms with van der Waals surface area (Å²) in [6.07, 6.45) is 1.36. The number of hydrogen-bond donors (Lipinski definition) is 1. The van der Waals surface area contributed by atoms with Gasteiger partial charge in [0.05, 0.1) is 0 Å². The Morgan fingerprint density at radius 3 is 2.61 bits per heavy atom. The van der Waals surface area contributed by atoms with Crippen LogP contribution in [0.1, 0.15) is 5.56 Å². The van der Waals surface area contributed by atoms with E-state index in [1.807, 2.05) is 11.9 Å². The second-order valence-corrected chi connectivity index (χ2v) is 4.24. The number of nitrogen functional groups attached to an aromatic ring is 1. The van der Waals surface area contributed by atoms with Crippen LogP contribution in [0.3, 0.4) is 0 Å². The first-order chi connectivity index (χ1) is 8.58. The van der Waals surface area contributed by atoms with E-state index in [4.69, 9.17) is 17.3 Å². The average molecular weight is 267 g/mol. The fraction of sp³-hybridized carbons (Fsp3) is 0.167. The number of nitrogens with zero attached hydrogens (tertiary/aromatic N) is 3. The predicted molar refractivity (Wildman–Crippen MR) is 70.0 cm³/mol. The maximum Gasteiger partial charge on any atom is 0.157 e. The van der Waals surface area contributed by atoms with E-state index in [-0.39, 0.29) is 11.0 Å². The molecule has 0 radical (unpaired) electrons. The maximum atomic E-state index is 12.8. The van der Waals surface area contributed by atoms with Crippen LogP contribution in [0, 0.1) is 5.82 Å². The van der Waals surface area contributed by atoms with Crippen LogP contribution in [0.5, 0.6) is 0 Å². The fourth-order valence-corrected chi connectivity index (χ4v) is 1.74. The summed E-state index contributed by atoms with van der Waals surface area (Å²) >= 11 is 5.83. The molecule has 0 bridgehead atoms. The molecule has 0 aliphatic heterocycles. The SMILES string of the molecule is CN(Cc1ccc(F)cc1)c1ncnc(Cl)c1N. The molecule has 6 heteroatoms. The van der Waals surface area contributed by atoms with Gasteiger partial charge in [-0.15, -0.1) is 0 Å². The van der Waals surface area contributed by atoms with Gasteiger partial charge in [0.2, 0.25) is 0 Å². The normalized spacial score (nSPS) is 10.4. The number of aromatic nitrogens is 2. The Hall–Kier alpha value is -1.88.